The predicted octanol–water partition coefficient (Wildman–Crippen LogP) is -3.35. The molecule has 0 aliphatic heterocycles. The van der Waals surface area contributed by atoms with Crippen LogP contribution in [0.3, 0.4) is 0 Å². The zero-order valence-electron chi connectivity index (χ0n) is 16.9. The van der Waals surface area contributed by atoms with E-state index in [2.05, 4.69) is 25.6 Å². The van der Waals surface area contributed by atoms with Gasteiger partial charge < -0.3 is 43.7 Å². The molecule has 3 amide bonds. The van der Waals surface area contributed by atoms with Crippen molar-refractivity contribution in [2.75, 3.05) is 6.54 Å². The number of primary amides is 1. The van der Waals surface area contributed by atoms with Gasteiger partial charge in [0.2, 0.25) is 17.7 Å². The summed E-state index contributed by atoms with van der Waals surface area (Å²) in [5.41, 5.74) is 22.1. The number of hydrogen-bond acceptors (Lipinski definition) is 7. The molecule has 3 atom stereocenters. The molecule has 0 saturated heterocycles. The van der Waals surface area contributed by atoms with E-state index in [1.165, 1.54) is 12.5 Å². The monoisotopic (exact) mass is 439 g/mol. The molecular weight excluding hydrogens is 410 g/mol. The molecule has 0 aliphatic rings. The average Bonchev–Trinajstić information content (AvgIpc) is 3.19. The van der Waals surface area contributed by atoms with Crippen LogP contribution in [-0.4, -0.2) is 69.4 Å². The molecule has 0 aliphatic carbocycles. The molecule has 0 saturated carbocycles. The molecule has 1 heterocycles. The number of guanidine groups is 1. The van der Waals surface area contributed by atoms with E-state index in [-0.39, 0.29) is 38.2 Å². The Bertz CT molecular complexity index is 777. The first-order chi connectivity index (χ1) is 14.6. The number of imidazole rings is 1. The van der Waals surface area contributed by atoms with E-state index < -0.39 is 41.8 Å². The molecule has 1 aromatic heterocycles. The third-order valence-corrected chi connectivity index (χ3v) is 4.20. The van der Waals surface area contributed by atoms with E-state index in [4.69, 9.17) is 22.9 Å². The number of aromatic amines is 1. The number of hydrogen-bond donors (Lipinski definition) is 8. The van der Waals surface area contributed by atoms with Crippen LogP contribution in [0.25, 0.3) is 0 Å². The molecule has 14 heteroatoms. The van der Waals surface area contributed by atoms with Crippen LogP contribution in [0, 0.1) is 0 Å². The summed E-state index contributed by atoms with van der Waals surface area (Å²) in [6.07, 6.45) is 3.14. The van der Waals surface area contributed by atoms with E-state index in [1.807, 2.05) is 0 Å². The lowest BCUT2D eigenvalue weighted by Gasteiger charge is -2.22. The average molecular weight is 439 g/mol. The number of nitrogens with one attached hydrogen (secondary N) is 3. The first kappa shape index (κ1) is 25.4. The number of carboxylic acids is 1. The summed E-state index contributed by atoms with van der Waals surface area (Å²) in [4.78, 5) is 57.9. The van der Waals surface area contributed by atoms with Gasteiger partial charge in [-0.15, -0.1) is 0 Å². The molecule has 0 spiro atoms. The number of H-pyrrole nitrogens is 1. The number of amides is 3. The summed E-state index contributed by atoms with van der Waals surface area (Å²) < 4.78 is 0. The summed E-state index contributed by atoms with van der Waals surface area (Å²) in [5.74, 6) is -3.52. The van der Waals surface area contributed by atoms with Crippen molar-refractivity contribution >= 4 is 29.7 Å². The minimum absolute atomic E-state index is 0.118. The zero-order valence-corrected chi connectivity index (χ0v) is 16.9. The van der Waals surface area contributed by atoms with Gasteiger partial charge in [-0.2, -0.15) is 0 Å². The SMILES string of the molecule is NC(=O)CCC(NC(=O)C(CCCN=C(N)N)NC(=O)C(N)Cc1cnc[nH]1)C(=O)O. The maximum atomic E-state index is 12.7. The number of aliphatic carboxylic acids is 1. The van der Waals surface area contributed by atoms with Crippen LogP contribution in [0.2, 0.25) is 0 Å². The number of carboxylic acid groups (broad SMARTS) is 1. The Hall–Kier alpha value is -3.68. The van der Waals surface area contributed by atoms with Gasteiger partial charge in [0.25, 0.3) is 0 Å². The largest absolute Gasteiger partial charge is 0.480 e. The lowest BCUT2D eigenvalue weighted by atomic mass is 10.1. The summed E-state index contributed by atoms with van der Waals surface area (Å²) in [7, 11) is 0. The quantitative estimate of drug-likeness (QED) is 0.0816. The fraction of sp³-hybridized carbons (Fsp3) is 0.529. The number of rotatable bonds is 14. The van der Waals surface area contributed by atoms with Gasteiger partial charge in [-0.05, 0) is 19.3 Å². The van der Waals surface area contributed by atoms with Gasteiger partial charge in [0.1, 0.15) is 12.1 Å². The van der Waals surface area contributed by atoms with Crippen molar-refractivity contribution in [1.82, 2.24) is 20.6 Å². The second-order valence-electron chi connectivity index (χ2n) is 6.80. The summed E-state index contributed by atoms with van der Waals surface area (Å²) in [5, 5.41) is 14.1. The highest BCUT2D eigenvalue weighted by Gasteiger charge is 2.28. The first-order valence-corrected chi connectivity index (χ1v) is 9.50. The van der Waals surface area contributed by atoms with E-state index in [0.29, 0.717) is 12.1 Å². The molecular formula is C17H29N9O5. The highest BCUT2D eigenvalue weighted by Crippen LogP contribution is 2.04. The Balaban J connectivity index is 2.80. The van der Waals surface area contributed by atoms with E-state index in [9.17, 15) is 24.3 Å². The molecule has 0 bridgehead atoms. The van der Waals surface area contributed by atoms with Gasteiger partial charge in [-0.1, -0.05) is 0 Å². The topological polar surface area (TPSA) is 258 Å². The minimum atomic E-state index is -1.35. The molecule has 172 valence electrons. The van der Waals surface area contributed by atoms with Crippen molar-refractivity contribution in [2.24, 2.45) is 27.9 Å². The van der Waals surface area contributed by atoms with Crippen LogP contribution in [-0.2, 0) is 25.6 Å². The molecule has 12 N–H and O–H groups in total. The molecule has 3 unspecified atom stereocenters. The molecule has 1 rings (SSSR count). The number of aliphatic imine (C=N–C) groups is 1. The van der Waals surface area contributed by atoms with Crippen LogP contribution in [0.5, 0.6) is 0 Å². The van der Waals surface area contributed by atoms with Gasteiger partial charge in [0.15, 0.2) is 5.96 Å². The van der Waals surface area contributed by atoms with Crippen LogP contribution in [0.1, 0.15) is 31.4 Å². The molecule has 0 radical (unpaired) electrons. The summed E-state index contributed by atoms with van der Waals surface area (Å²) >= 11 is 0. The van der Waals surface area contributed by atoms with Gasteiger partial charge in [0.05, 0.1) is 12.4 Å². The smallest absolute Gasteiger partial charge is 0.326 e. The van der Waals surface area contributed by atoms with Gasteiger partial charge >= 0.3 is 5.97 Å². The molecule has 1 aromatic rings. The number of nitrogens with zero attached hydrogens (tertiary/aromatic N) is 2. The zero-order chi connectivity index (χ0) is 23.4. The van der Waals surface area contributed by atoms with Crippen molar-refractivity contribution < 1.29 is 24.3 Å². The number of carbonyl (C=O) groups is 4. The van der Waals surface area contributed by atoms with Crippen LogP contribution in [0.15, 0.2) is 17.5 Å². The lowest BCUT2D eigenvalue weighted by Crippen LogP contribution is -2.54. The molecule has 0 fully saturated rings. The fourth-order valence-corrected chi connectivity index (χ4v) is 2.59. The third kappa shape index (κ3) is 10.1. The summed E-state index contributed by atoms with van der Waals surface area (Å²) in [6.45, 7) is 0.201. The maximum Gasteiger partial charge on any atom is 0.326 e. The van der Waals surface area contributed by atoms with Crippen LogP contribution < -0.4 is 33.6 Å². The van der Waals surface area contributed by atoms with Crippen molar-refractivity contribution in [3.05, 3.63) is 18.2 Å². The molecule has 31 heavy (non-hydrogen) atoms. The van der Waals surface area contributed by atoms with Crippen molar-refractivity contribution in [3.8, 4) is 0 Å². The third-order valence-electron chi connectivity index (χ3n) is 4.20. The standard InChI is InChI=1S/C17H29N9O5/c18-10(6-9-7-22-8-24-9)14(28)25-11(2-1-5-23-17(20)21)15(29)26-12(16(30)31)3-4-13(19)27/h7-8,10-12H,1-6,18H2,(H2,19,27)(H,22,24)(H,25,28)(H,26,29)(H,30,31)(H4,20,21,23). The van der Waals surface area contributed by atoms with Crippen LogP contribution in [0.4, 0.5) is 0 Å². The number of nitrogens with two attached hydrogens (primary N) is 4. The predicted molar refractivity (Wildman–Crippen MR) is 110 cm³/mol. The van der Waals surface area contributed by atoms with Crippen molar-refractivity contribution in [1.29, 1.82) is 0 Å². The van der Waals surface area contributed by atoms with Crippen molar-refractivity contribution in [2.45, 2.75) is 50.2 Å². The van der Waals surface area contributed by atoms with Gasteiger partial charge in [-0.3, -0.25) is 19.4 Å². The first-order valence-electron chi connectivity index (χ1n) is 9.50. The maximum absolute atomic E-state index is 12.7. The number of aromatic nitrogens is 2. The van der Waals surface area contributed by atoms with E-state index in [1.54, 1.807) is 0 Å². The number of carbonyl (C=O) groups excluding carboxylic acids is 3. The Kier molecular flexibility index (Phi) is 10.5. The second-order valence-corrected chi connectivity index (χ2v) is 6.80. The highest BCUT2D eigenvalue weighted by atomic mass is 16.4. The molecule has 14 nitrogen and oxygen atoms in total. The Morgan fingerprint density at radius 3 is 2.32 bits per heavy atom. The van der Waals surface area contributed by atoms with Gasteiger partial charge in [-0.25, -0.2) is 9.78 Å². The highest BCUT2D eigenvalue weighted by molar-refractivity contribution is 5.92. The normalized spacial score (nSPS) is 13.5. The Morgan fingerprint density at radius 2 is 1.77 bits per heavy atom. The minimum Gasteiger partial charge on any atom is -0.480 e. The summed E-state index contributed by atoms with van der Waals surface area (Å²) in [6, 6.07) is -3.42. The van der Waals surface area contributed by atoms with E-state index >= 15 is 0 Å². The van der Waals surface area contributed by atoms with Gasteiger partial charge in [0, 0.05) is 31.3 Å². The van der Waals surface area contributed by atoms with Crippen molar-refractivity contribution in [3.63, 3.8) is 0 Å². The lowest BCUT2D eigenvalue weighted by molar-refractivity contribution is -0.142. The Labute approximate surface area is 178 Å². The van der Waals surface area contributed by atoms with Crippen LogP contribution >= 0.6 is 0 Å². The Morgan fingerprint density at radius 1 is 1.10 bits per heavy atom. The van der Waals surface area contributed by atoms with E-state index in [0.717, 1.165) is 0 Å². The fourth-order valence-electron chi connectivity index (χ4n) is 2.59. The molecule has 0 aromatic carbocycles. The second kappa shape index (κ2) is 12.8.